The van der Waals surface area contributed by atoms with E-state index in [1.54, 1.807) is 4.90 Å². The van der Waals surface area contributed by atoms with Gasteiger partial charge in [-0.2, -0.15) is 0 Å². The van der Waals surface area contributed by atoms with Crippen LogP contribution in [-0.2, 0) is 4.74 Å². The first-order valence-electron chi connectivity index (χ1n) is 5.76. The second-order valence-electron chi connectivity index (χ2n) is 5.63. The first kappa shape index (κ1) is 11.7. The Balaban J connectivity index is 1.92. The van der Waals surface area contributed by atoms with Gasteiger partial charge in [-0.3, -0.25) is 0 Å². The maximum absolute atomic E-state index is 11.8. The summed E-state index contributed by atoms with van der Waals surface area (Å²) >= 11 is 0. The van der Waals surface area contributed by atoms with Crippen molar-refractivity contribution in [2.45, 2.75) is 38.5 Å². The number of fused-ring (bicyclic) bond motifs is 1. The largest absolute Gasteiger partial charge is 0.444 e. The summed E-state index contributed by atoms with van der Waals surface area (Å²) in [5.74, 6) is 0.160. The molecular weight excluding hydrogens is 208 g/mol. The number of carbonyl (C=O) groups excluding carboxylic acids is 1. The number of hydrogen-bond donors (Lipinski definition) is 2. The number of aliphatic hydroxyl groups is 1. The number of amides is 1. The van der Waals surface area contributed by atoms with E-state index in [0.29, 0.717) is 19.6 Å². The molecule has 0 radical (unpaired) electrons. The average Bonchev–Trinajstić information content (AvgIpc) is 2.65. The smallest absolute Gasteiger partial charge is 0.410 e. The molecule has 16 heavy (non-hydrogen) atoms. The fourth-order valence-corrected chi connectivity index (χ4v) is 2.33. The molecule has 92 valence electrons. The van der Waals surface area contributed by atoms with E-state index < -0.39 is 5.60 Å². The zero-order chi connectivity index (χ0) is 11.9. The minimum Gasteiger partial charge on any atom is -0.444 e. The SMILES string of the molecule is CC(C)(C)OC(=O)N1CC2NCC(O)C2C1. The highest BCUT2D eigenvalue weighted by molar-refractivity contribution is 5.68. The predicted octanol–water partition coefficient (Wildman–Crippen LogP) is 0.186. The number of β-amino-alcohol motifs (C(OH)–C–C–N with tert-alkyl or cyclic N) is 1. The quantitative estimate of drug-likeness (QED) is 0.621. The van der Waals surface area contributed by atoms with E-state index in [9.17, 15) is 9.90 Å². The Morgan fingerprint density at radius 2 is 2.12 bits per heavy atom. The first-order chi connectivity index (χ1) is 7.37. The van der Waals surface area contributed by atoms with Gasteiger partial charge in [-0.15, -0.1) is 0 Å². The number of nitrogens with one attached hydrogen (secondary N) is 1. The van der Waals surface area contributed by atoms with E-state index in [1.165, 1.54) is 0 Å². The molecule has 5 heteroatoms. The molecule has 2 rings (SSSR count). The van der Waals surface area contributed by atoms with E-state index in [0.717, 1.165) is 0 Å². The molecule has 0 aliphatic carbocycles. The monoisotopic (exact) mass is 228 g/mol. The van der Waals surface area contributed by atoms with Crippen molar-refractivity contribution in [2.75, 3.05) is 19.6 Å². The van der Waals surface area contributed by atoms with Crippen molar-refractivity contribution in [1.82, 2.24) is 10.2 Å². The fourth-order valence-electron chi connectivity index (χ4n) is 2.33. The third-order valence-electron chi connectivity index (χ3n) is 3.10. The summed E-state index contributed by atoms with van der Waals surface area (Å²) in [5, 5.41) is 12.9. The summed E-state index contributed by atoms with van der Waals surface area (Å²) in [5.41, 5.74) is -0.458. The highest BCUT2D eigenvalue weighted by atomic mass is 16.6. The summed E-state index contributed by atoms with van der Waals surface area (Å²) in [6.07, 6.45) is -0.617. The van der Waals surface area contributed by atoms with Crippen molar-refractivity contribution >= 4 is 6.09 Å². The summed E-state index contributed by atoms with van der Waals surface area (Å²) in [6.45, 7) is 7.43. The third-order valence-corrected chi connectivity index (χ3v) is 3.10. The summed E-state index contributed by atoms with van der Waals surface area (Å²) in [7, 11) is 0. The zero-order valence-electron chi connectivity index (χ0n) is 10.1. The van der Waals surface area contributed by atoms with Gasteiger partial charge >= 0.3 is 6.09 Å². The van der Waals surface area contributed by atoms with Crippen LogP contribution in [0.15, 0.2) is 0 Å². The van der Waals surface area contributed by atoms with E-state index in [-0.39, 0.29) is 24.2 Å². The van der Waals surface area contributed by atoms with Crippen LogP contribution in [0.5, 0.6) is 0 Å². The molecule has 2 fully saturated rings. The molecule has 2 N–H and O–H groups in total. The second kappa shape index (κ2) is 3.89. The molecule has 0 bridgehead atoms. The van der Waals surface area contributed by atoms with Crippen LogP contribution in [0.1, 0.15) is 20.8 Å². The van der Waals surface area contributed by atoms with Crippen molar-refractivity contribution in [3.8, 4) is 0 Å². The molecular formula is C11H20N2O3. The number of nitrogens with zero attached hydrogens (tertiary/aromatic N) is 1. The molecule has 2 heterocycles. The van der Waals surface area contributed by atoms with E-state index in [4.69, 9.17) is 4.74 Å². The zero-order valence-corrected chi connectivity index (χ0v) is 10.1. The molecule has 0 spiro atoms. The van der Waals surface area contributed by atoms with Crippen molar-refractivity contribution in [3.05, 3.63) is 0 Å². The van der Waals surface area contributed by atoms with E-state index in [1.807, 2.05) is 20.8 Å². The molecule has 3 atom stereocenters. The Hall–Kier alpha value is -0.810. The Morgan fingerprint density at radius 3 is 2.69 bits per heavy atom. The average molecular weight is 228 g/mol. The van der Waals surface area contributed by atoms with Gasteiger partial charge in [-0.1, -0.05) is 0 Å². The number of carbonyl (C=O) groups is 1. The van der Waals surface area contributed by atoms with Crippen molar-refractivity contribution in [3.63, 3.8) is 0 Å². The lowest BCUT2D eigenvalue weighted by atomic mass is 10.0. The van der Waals surface area contributed by atoms with Crippen LogP contribution >= 0.6 is 0 Å². The molecule has 1 amide bonds. The minimum atomic E-state index is -0.458. The molecule has 5 nitrogen and oxygen atoms in total. The first-order valence-corrected chi connectivity index (χ1v) is 5.76. The van der Waals surface area contributed by atoms with Crippen LogP contribution in [0, 0.1) is 5.92 Å². The Labute approximate surface area is 95.8 Å². The number of ether oxygens (including phenoxy) is 1. The highest BCUT2D eigenvalue weighted by Crippen LogP contribution is 2.26. The molecule has 2 aliphatic heterocycles. The summed E-state index contributed by atoms with van der Waals surface area (Å²) in [4.78, 5) is 13.5. The minimum absolute atomic E-state index is 0.160. The van der Waals surface area contributed by atoms with Gasteiger partial charge in [0.25, 0.3) is 0 Å². The molecule has 0 aromatic carbocycles. The van der Waals surface area contributed by atoms with Gasteiger partial charge < -0.3 is 20.1 Å². The lowest BCUT2D eigenvalue weighted by Gasteiger charge is -2.25. The number of hydrogen-bond acceptors (Lipinski definition) is 4. The molecule has 0 aromatic rings. The van der Waals surface area contributed by atoms with Crippen LogP contribution in [0.3, 0.4) is 0 Å². The maximum atomic E-state index is 11.8. The Kier molecular flexibility index (Phi) is 2.84. The van der Waals surface area contributed by atoms with Gasteiger partial charge in [0.15, 0.2) is 0 Å². The normalized spacial score (nSPS) is 34.0. The second-order valence-corrected chi connectivity index (χ2v) is 5.63. The maximum Gasteiger partial charge on any atom is 0.410 e. The van der Waals surface area contributed by atoms with Crippen LogP contribution in [-0.4, -0.2) is 53.5 Å². The lowest BCUT2D eigenvalue weighted by Crippen LogP contribution is -2.38. The van der Waals surface area contributed by atoms with E-state index >= 15 is 0 Å². The summed E-state index contributed by atoms with van der Waals surface area (Å²) < 4.78 is 5.30. The van der Waals surface area contributed by atoms with Gasteiger partial charge in [-0.05, 0) is 20.8 Å². The summed E-state index contributed by atoms with van der Waals surface area (Å²) in [6, 6.07) is 0.225. The Morgan fingerprint density at radius 1 is 1.44 bits per heavy atom. The number of rotatable bonds is 0. The standard InChI is InChI=1S/C11H20N2O3/c1-11(2,3)16-10(15)13-5-7-8(6-13)12-4-9(7)14/h7-9,12,14H,4-6H2,1-3H3. The van der Waals surface area contributed by atoms with Gasteiger partial charge in [-0.25, -0.2) is 4.79 Å². The number of likely N-dealkylation sites (tertiary alicyclic amines) is 1. The highest BCUT2D eigenvalue weighted by Gasteiger charge is 2.44. The topological polar surface area (TPSA) is 61.8 Å². The van der Waals surface area contributed by atoms with Crippen molar-refractivity contribution in [1.29, 1.82) is 0 Å². The van der Waals surface area contributed by atoms with Crippen LogP contribution in [0.25, 0.3) is 0 Å². The molecule has 3 unspecified atom stereocenters. The van der Waals surface area contributed by atoms with Crippen LogP contribution < -0.4 is 5.32 Å². The lowest BCUT2D eigenvalue weighted by molar-refractivity contribution is 0.0266. The van der Waals surface area contributed by atoms with Crippen molar-refractivity contribution in [2.24, 2.45) is 5.92 Å². The number of aliphatic hydroxyl groups excluding tert-OH is 1. The molecule has 0 aromatic heterocycles. The third kappa shape index (κ3) is 2.30. The van der Waals surface area contributed by atoms with Crippen LogP contribution in [0.2, 0.25) is 0 Å². The molecule has 2 aliphatic rings. The van der Waals surface area contributed by atoms with Gasteiger partial charge in [0.2, 0.25) is 0 Å². The van der Waals surface area contributed by atoms with Gasteiger partial charge in [0.05, 0.1) is 6.10 Å². The van der Waals surface area contributed by atoms with Crippen LogP contribution in [0.4, 0.5) is 4.79 Å². The van der Waals surface area contributed by atoms with Gasteiger partial charge in [0.1, 0.15) is 5.60 Å². The molecule has 0 saturated carbocycles. The Bertz CT molecular complexity index is 287. The predicted molar refractivity (Wildman–Crippen MR) is 59.1 cm³/mol. The van der Waals surface area contributed by atoms with Gasteiger partial charge in [0, 0.05) is 31.6 Å². The molecule has 2 saturated heterocycles. The van der Waals surface area contributed by atoms with E-state index in [2.05, 4.69) is 5.32 Å². The van der Waals surface area contributed by atoms with Crippen molar-refractivity contribution < 1.29 is 14.6 Å². The fraction of sp³-hybridized carbons (Fsp3) is 0.909.